The number of nitrogens with zero attached hydrogens (tertiary/aromatic N) is 1. The number of carbonyl (C=O) groups is 1. The van der Waals surface area contributed by atoms with Crippen LogP contribution in [0.25, 0.3) is 0 Å². The van der Waals surface area contributed by atoms with Crippen molar-refractivity contribution in [1.29, 1.82) is 0 Å². The van der Waals surface area contributed by atoms with Crippen LogP contribution in [0.15, 0.2) is 42.6 Å². The van der Waals surface area contributed by atoms with Crippen LogP contribution in [0.5, 0.6) is 5.75 Å². The SMILES string of the molecule is CNC(=O)[C@H](C)NC1(c2ccc(C(F)(F)F)nc2)C[C@H]1Cc1ccc(OC)cc1. The number of hydrogen-bond acceptors (Lipinski definition) is 4. The minimum Gasteiger partial charge on any atom is -0.497 e. The van der Waals surface area contributed by atoms with Crippen molar-refractivity contribution in [2.45, 2.75) is 37.5 Å². The van der Waals surface area contributed by atoms with Crippen molar-refractivity contribution in [3.63, 3.8) is 0 Å². The summed E-state index contributed by atoms with van der Waals surface area (Å²) >= 11 is 0. The molecule has 0 aliphatic heterocycles. The number of aromatic nitrogens is 1. The van der Waals surface area contributed by atoms with E-state index in [-0.39, 0.29) is 11.8 Å². The van der Waals surface area contributed by atoms with Crippen molar-refractivity contribution < 1.29 is 22.7 Å². The molecule has 1 aromatic carbocycles. The maximum Gasteiger partial charge on any atom is 0.433 e. The zero-order valence-electron chi connectivity index (χ0n) is 16.5. The molecule has 156 valence electrons. The van der Waals surface area contributed by atoms with Gasteiger partial charge in [-0.05, 0) is 55.0 Å². The molecule has 1 aromatic heterocycles. The first kappa shape index (κ1) is 21.1. The molecule has 2 N–H and O–H groups in total. The highest BCUT2D eigenvalue weighted by atomic mass is 19.4. The molecule has 2 aromatic rings. The second kappa shape index (κ2) is 8.02. The van der Waals surface area contributed by atoms with E-state index >= 15 is 0 Å². The number of halogens is 3. The highest BCUT2D eigenvalue weighted by Gasteiger charge is 2.56. The summed E-state index contributed by atoms with van der Waals surface area (Å²) in [7, 11) is 3.15. The number of nitrogens with one attached hydrogen (secondary N) is 2. The molecule has 1 aliphatic rings. The lowest BCUT2D eigenvalue weighted by atomic mass is 9.98. The van der Waals surface area contributed by atoms with Crippen LogP contribution in [-0.2, 0) is 22.9 Å². The van der Waals surface area contributed by atoms with E-state index in [0.29, 0.717) is 12.0 Å². The predicted molar refractivity (Wildman–Crippen MR) is 102 cm³/mol. The zero-order chi connectivity index (χ0) is 21.2. The van der Waals surface area contributed by atoms with Gasteiger partial charge in [-0.3, -0.25) is 15.1 Å². The maximum absolute atomic E-state index is 12.9. The molecule has 1 fully saturated rings. The van der Waals surface area contributed by atoms with E-state index in [1.165, 1.54) is 12.3 Å². The molecule has 8 heteroatoms. The Bertz CT molecular complexity index is 853. The Labute approximate surface area is 167 Å². The zero-order valence-corrected chi connectivity index (χ0v) is 16.5. The number of alkyl halides is 3. The van der Waals surface area contributed by atoms with Gasteiger partial charge in [0, 0.05) is 18.8 Å². The van der Waals surface area contributed by atoms with Gasteiger partial charge in [0.25, 0.3) is 0 Å². The van der Waals surface area contributed by atoms with Gasteiger partial charge in [0.1, 0.15) is 11.4 Å². The van der Waals surface area contributed by atoms with Gasteiger partial charge < -0.3 is 10.1 Å². The summed E-state index contributed by atoms with van der Waals surface area (Å²) in [4.78, 5) is 15.6. The van der Waals surface area contributed by atoms with Crippen LogP contribution in [0.2, 0.25) is 0 Å². The van der Waals surface area contributed by atoms with Gasteiger partial charge in [-0.15, -0.1) is 0 Å². The van der Waals surface area contributed by atoms with Gasteiger partial charge in [0.2, 0.25) is 5.91 Å². The lowest BCUT2D eigenvalue weighted by Gasteiger charge is -2.24. The molecule has 3 rings (SSSR count). The van der Waals surface area contributed by atoms with Crippen molar-refractivity contribution >= 4 is 5.91 Å². The number of likely N-dealkylation sites (N-methyl/N-ethyl adjacent to an activating group) is 1. The van der Waals surface area contributed by atoms with Crippen LogP contribution in [0.1, 0.15) is 30.2 Å². The number of methoxy groups -OCH3 is 1. The second-order valence-corrected chi connectivity index (χ2v) is 7.33. The van der Waals surface area contributed by atoms with E-state index in [9.17, 15) is 18.0 Å². The molecule has 1 heterocycles. The first-order valence-corrected chi connectivity index (χ1v) is 9.35. The molecule has 0 spiro atoms. The number of amides is 1. The number of ether oxygens (including phenoxy) is 1. The standard InChI is InChI=1S/C21H24F3N3O2/c1-13(19(28)25-2)27-20(15-6-9-18(26-12-15)21(22,23)24)11-16(20)10-14-4-7-17(29-3)8-5-14/h4-9,12-13,16,27H,10-11H2,1-3H3,(H,25,28)/t13-,16+,20?/m0/s1. The van der Waals surface area contributed by atoms with Crippen molar-refractivity contribution in [3.05, 3.63) is 59.4 Å². The Kier molecular flexibility index (Phi) is 5.84. The largest absolute Gasteiger partial charge is 0.497 e. The quantitative estimate of drug-likeness (QED) is 0.740. The first-order chi connectivity index (χ1) is 13.7. The monoisotopic (exact) mass is 407 g/mol. The smallest absolute Gasteiger partial charge is 0.433 e. The molecule has 5 nitrogen and oxygen atoms in total. The average Bonchev–Trinajstić information content (AvgIpc) is 3.40. The van der Waals surface area contributed by atoms with E-state index < -0.39 is 23.5 Å². The lowest BCUT2D eigenvalue weighted by Crippen LogP contribution is -2.46. The lowest BCUT2D eigenvalue weighted by molar-refractivity contribution is -0.141. The van der Waals surface area contributed by atoms with Crippen LogP contribution in [0.3, 0.4) is 0 Å². The van der Waals surface area contributed by atoms with Gasteiger partial charge in [-0.1, -0.05) is 18.2 Å². The third-order valence-corrected chi connectivity index (χ3v) is 5.43. The Morgan fingerprint density at radius 3 is 2.48 bits per heavy atom. The Balaban J connectivity index is 1.84. The molecular formula is C21H24F3N3O2. The highest BCUT2D eigenvalue weighted by Crippen LogP contribution is 2.54. The van der Waals surface area contributed by atoms with E-state index in [1.807, 2.05) is 24.3 Å². The fourth-order valence-corrected chi connectivity index (χ4v) is 3.73. The summed E-state index contributed by atoms with van der Waals surface area (Å²) in [6.07, 6.45) is -1.80. The molecule has 1 aliphatic carbocycles. The topological polar surface area (TPSA) is 63.2 Å². The molecule has 0 bridgehead atoms. The molecule has 1 amide bonds. The third kappa shape index (κ3) is 4.53. The molecule has 0 radical (unpaired) electrons. The second-order valence-electron chi connectivity index (χ2n) is 7.33. The minimum atomic E-state index is -4.49. The number of rotatable bonds is 7. The number of carbonyl (C=O) groups excluding carboxylic acids is 1. The number of benzene rings is 1. The summed E-state index contributed by atoms with van der Waals surface area (Å²) < 4.78 is 43.8. The summed E-state index contributed by atoms with van der Waals surface area (Å²) in [5.41, 5.74) is 0.220. The van der Waals surface area contributed by atoms with Crippen LogP contribution in [0, 0.1) is 5.92 Å². The first-order valence-electron chi connectivity index (χ1n) is 9.35. The van der Waals surface area contributed by atoms with Gasteiger partial charge in [-0.2, -0.15) is 13.2 Å². The van der Waals surface area contributed by atoms with Crippen molar-refractivity contribution in [3.8, 4) is 5.75 Å². The average molecular weight is 407 g/mol. The van der Waals surface area contributed by atoms with Crippen LogP contribution < -0.4 is 15.4 Å². The Morgan fingerprint density at radius 2 is 1.97 bits per heavy atom. The number of hydrogen-bond donors (Lipinski definition) is 2. The molecule has 0 saturated heterocycles. The van der Waals surface area contributed by atoms with Crippen molar-refractivity contribution in [1.82, 2.24) is 15.6 Å². The summed E-state index contributed by atoms with van der Waals surface area (Å²) in [6, 6.07) is 9.63. The van der Waals surface area contributed by atoms with E-state index in [4.69, 9.17) is 4.74 Å². The van der Waals surface area contributed by atoms with E-state index in [1.54, 1.807) is 21.1 Å². The molecule has 1 unspecified atom stereocenters. The van der Waals surface area contributed by atoms with Gasteiger partial charge in [0.15, 0.2) is 0 Å². The molecule has 29 heavy (non-hydrogen) atoms. The molecule has 3 atom stereocenters. The summed E-state index contributed by atoms with van der Waals surface area (Å²) in [5.74, 6) is 0.704. The molecular weight excluding hydrogens is 383 g/mol. The van der Waals surface area contributed by atoms with Crippen molar-refractivity contribution in [2.24, 2.45) is 5.92 Å². The van der Waals surface area contributed by atoms with Crippen molar-refractivity contribution in [2.75, 3.05) is 14.2 Å². The van der Waals surface area contributed by atoms with Gasteiger partial charge in [-0.25, -0.2) is 0 Å². The van der Waals surface area contributed by atoms with Gasteiger partial charge >= 0.3 is 6.18 Å². The fraction of sp³-hybridized carbons (Fsp3) is 0.429. The summed E-state index contributed by atoms with van der Waals surface area (Å²) in [6.45, 7) is 1.74. The Hall–Kier alpha value is -2.61. The third-order valence-electron chi connectivity index (χ3n) is 5.43. The Morgan fingerprint density at radius 1 is 1.28 bits per heavy atom. The minimum absolute atomic E-state index is 0.126. The van der Waals surface area contributed by atoms with Crippen LogP contribution in [0.4, 0.5) is 13.2 Å². The normalized spacial score (nSPS) is 22.1. The number of pyridine rings is 1. The highest BCUT2D eigenvalue weighted by molar-refractivity contribution is 5.81. The van der Waals surface area contributed by atoms with Crippen LogP contribution >= 0.6 is 0 Å². The predicted octanol–water partition coefficient (Wildman–Crippen LogP) is 3.29. The molecule has 1 saturated carbocycles. The fourth-order valence-electron chi connectivity index (χ4n) is 3.73. The summed E-state index contributed by atoms with van der Waals surface area (Å²) in [5, 5.41) is 5.92. The van der Waals surface area contributed by atoms with E-state index in [2.05, 4.69) is 15.6 Å². The maximum atomic E-state index is 12.9. The van der Waals surface area contributed by atoms with Crippen LogP contribution in [-0.4, -0.2) is 31.1 Å². The van der Waals surface area contributed by atoms with E-state index in [0.717, 1.165) is 23.8 Å². The van der Waals surface area contributed by atoms with Gasteiger partial charge in [0.05, 0.1) is 13.2 Å².